The molecule has 3 aromatic rings. The first kappa shape index (κ1) is 22.0. The number of halogens is 3. The molecule has 0 unspecified atom stereocenters. The van der Waals surface area contributed by atoms with Crippen molar-refractivity contribution in [2.24, 2.45) is 0 Å². The molecule has 0 N–H and O–H groups in total. The SMILES string of the molecule is COc1ccc2nc(N(CCN(C)C)C(=O)c3ccc(F)c(F)c3)sc2c1.Cl. The van der Waals surface area contributed by atoms with Crippen molar-refractivity contribution < 1.29 is 18.3 Å². The molecule has 1 amide bonds. The summed E-state index contributed by atoms with van der Waals surface area (Å²) in [5, 5.41) is 0.495. The predicted molar refractivity (Wildman–Crippen MR) is 110 cm³/mol. The molecular formula is C19H20ClF2N3O2S. The molecule has 0 bridgehead atoms. The third kappa shape index (κ3) is 4.76. The first-order valence-electron chi connectivity index (χ1n) is 8.25. The molecule has 1 heterocycles. The lowest BCUT2D eigenvalue weighted by Crippen LogP contribution is -2.36. The number of nitrogens with zero attached hydrogens (tertiary/aromatic N) is 3. The van der Waals surface area contributed by atoms with Crippen molar-refractivity contribution in [1.29, 1.82) is 0 Å². The summed E-state index contributed by atoms with van der Waals surface area (Å²) < 4.78 is 32.9. The Morgan fingerprint density at radius 1 is 1.11 bits per heavy atom. The van der Waals surface area contributed by atoms with Crippen molar-refractivity contribution in [2.45, 2.75) is 0 Å². The zero-order chi connectivity index (χ0) is 19.6. The number of carbonyl (C=O) groups excluding carboxylic acids is 1. The van der Waals surface area contributed by atoms with Gasteiger partial charge < -0.3 is 9.64 Å². The summed E-state index contributed by atoms with van der Waals surface area (Å²) in [6.07, 6.45) is 0. The fourth-order valence-electron chi connectivity index (χ4n) is 2.50. The van der Waals surface area contributed by atoms with E-state index in [9.17, 15) is 13.6 Å². The fraction of sp³-hybridized carbons (Fsp3) is 0.263. The number of rotatable bonds is 6. The maximum atomic E-state index is 13.6. The summed E-state index contributed by atoms with van der Waals surface area (Å²) in [6.45, 7) is 0.955. The third-order valence-corrected chi connectivity index (χ3v) is 5.04. The lowest BCUT2D eigenvalue weighted by atomic mass is 10.2. The van der Waals surface area contributed by atoms with Gasteiger partial charge in [-0.15, -0.1) is 12.4 Å². The van der Waals surface area contributed by atoms with E-state index in [2.05, 4.69) is 4.98 Å². The molecule has 2 aromatic carbocycles. The molecule has 150 valence electrons. The van der Waals surface area contributed by atoms with Gasteiger partial charge >= 0.3 is 0 Å². The van der Waals surface area contributed by atoms with Crippen LogP contribution in [0.1, 0.15) is 10.4 Å². The van der Waals surface area contributed by atoms with Gasteiger partial charge in [-0.25, -0.2) is 13.8 Å². The molecule has 28 heavy (non-hydrogen) atoms. The first-order valence-corrected chi connectivity index (χ1v) is 9.07. The van der Waals surface area contributed by atoms with Gasteiger partial charge in [0.05, 0.1) is 17.3 Å². The highest BCUT2D eigenvalue weighted by atomic mass is 35.5. The van der Waals surface area contributed by atoms with Crippen molar-refractivity contribution in [2.75, 3.05) is 39.2 Å². The Balaban J connectivity index is 0.00000280. The van der Waals surface area contributed by atoms with E-state index >= 15 is 0 Å². The fourth-order valence-corrected chi connectivity index (χ4v) is 3.52. The molecule has 0 saturated heterocycles. The molecule has 0 spiro atoms. The van der Waals surface area contributed by atoms with Crippen LogP contribution >= 0.6 is 23.7 Å². The van der Waals surface area contributed by atoms with Gasteiger partial charge in [0.25, 0.3) is 5.91 Å². The van der Waals surface area contributed by atoms with E-state index in [-0.39, 0.29) is 18.0 Å². The Morgan fingerprint density at radius 2 is 1.86 bits per heavy atom. The molecule has 3 rings (SSSR count). The number of fused-ring (bicyclic) bond motifs is 1. The van der Waals surface area contributed by atoms with Crippen LogP contribution in [0.2, 0.25) is 0 Å². The average Bonchev–Trinajstić information content (AvgIpc) is 3.06. The van der Waals surface area contributed by atoms with Crippen molar-refractivity contribution in [1.82, 2.24) is 9.88 Å². The number of benzene rings is 2. The van der Waals surface area contributed by atoms with E-state index in [1.54, 1.807) is 13.2 Å². The average molecular weight is 428 g/mol. The predicted octanol–water partition coefficient (Wildman–Crippen LogP) is 4.21. The van der Waals surface area contributed by atoms with Gasteiger partial charge in [0.15, 0.2) is 16.8 Å². The standard InChI is InChI=1S/C19H19F2N3O2S.ClH/c1-23(2)8-9-24(18(25)12-4-6-14(20)15(21)10-12)19-22-16-7-5-13(26-3)11-17(16)27-19;/h4-7,10-11H,8-9H2,1-3H3;1H. The van der Waals surface area contributed by atoms with E-state index in [1.807, 2.05) is 31.1 Å². The van der Waals surface area contributed by atoms with Crippen LogP contribution in [0.25, 0.3) is 10.2 Å². The minimum Gasteiger partial charge on any atom is -0.497 e. The summed E-state index contributed by atoms with van der Waals surface area (Å²) in [6, 6.07) is 8.61. The molecule has 0 fully saturated rings. The summed E-state index contributed by atoms with van der Waals surface area (Å²) >= 11 is 1.34. The molecule has 0 aliphatic carbocycles. The zero-order valence-electron chi connectivity index (χ0n) is 15.6. The number of carbonyl (C=O) groups is 1. The van der Waals surface area contributed by atoms with Gasteiger partial charge in [-0.3, -0.25) is 9.69 Å². The van der Waals surface area contributed by atoms with Crippen LogP contribution in [0.15, 0.2) is 36.4 Å². The molecule has 1 aromatic heterocycles. The second-order valence-electron chi connectivity index (χ2n) is 6.22. The maximum Gasteiger partial charge on any atom is 0.260 e. The highest BCUT2D eigenvalue weighted by molar-refractivity contribution is 7.22. The highest BCUT2D eigenvalue weighted by Gasteiger charge is 2.22. The van der Waals surface area contributed by atoms with Crippen LogP contribution < -0.4 is 9.64 Å². The van der Waals surface area contributed by atoms with E-state index in [1.165, 1.54) is 22.3 Å². The van der Waals surface area contributed by atoms with Crippen LogP contribution in [-0.2, 0) is 0 Å². The van der Waals surface area contributed by atoms with Gasteiger partial charge in [-0.2, -0.15) is 0 Å². The Hall–Kier alpha value is -2.29. The van der Waals surface area contributed by atoms with Crippen LogP contribution in [0.3, 0.4) is 0 Å². The number of aromatic nitrogens is 1. The van der Waals surface area contributed by atoms with Crippen molar-refractivity contribution in [3.05, 3.63) is 53.6 Å². The van der Waals surface area contributed by atoms with E-state index < -0.39 is 17.5 Å². The number of ether oxygens (including phenoxy) is 1. The largest absolute Gasteiger partial charge is 0.497 e. The Kier molecular flexibility index (Phi) is 7.29. The topological polar surface area (TPSA) is 45.7 Å². The summed E-state index contributed by atoms with van der Waals surface area (Å²) in [7, 11) is 5.37. The minimum atomic E-state index is -1.05. The quantitative estimate of drug-likeness (QED) is 0.591. The highest BCUT2D eigenvalue weighted by Crippen LogP contribution is 2.32. The molecule has 0 radical (unpaired) electrons. The van der Waals surface area contributed by atoms with Crippen molar-refractivity contribution >= 4 is 45.0 Å². The molecule has 0 aliphatic rings. The van der Waals surface area contributed by atoms with E-state index in [0.29, 0.717) is 24.0 Å². The second-order valence-corrected chi connectivity index (χ2v) is 7.23. The Labute approximate surface area is 171 Å². The summed E-state index contributed by atoms with van der Waals surface area (Å²) in [4.78, 5) is 20.9. The number of thiazole rings is 1. The number of amides is 1. The molecule has 5 nitrogen and oxygen atoms in total. The molecule has 0 saturated carbocycles. The Morgan fingerprint density at radius 3 is 2.50 bits per heavy atom. The van der Waals surface area contributed by atoms with Crippen LogP contribution in [0.5, 0.6) is 5.75 Å². The maximum absolute atomic E-state index is 13.6. The lowest BCUT2D eigenvalue weighted by molar-refractivity contribution is 0.0984. The number of hydrogen-bond acceptors (Lipinski definition) is 5. The van der Waals surface area contributed by atoms with Crippen LogP contribution in [0, 0.1) is 11.6 Å². The molecular weight excluding hydrogens is 408 g/mol. The van der Waals surface area contributed by atoms with Gasteiger partial charge in [-0.05, 0) is 50.5 Å². The number of likely N-dealkylation sites (N-methyl/N-ethyl adjacent to an activating group) is 1. The van der Waals surface area contributed by atoms with Gasteiger partial charge in [0, 0.05) is 18.7 Å². The first-order chi connectivity index (χ1) is 12.9. The zero-order valence-corrected chi connectivity index (χ0v) is 17.2. The number of hydrogen-bond donors (Lipinski definition) is 0. The van der Waals surface area contributed by atoms with E-state index in [4.69, 9.17) is 4.74 Å². The number of methoxy groups -OCH3 is 1. The normalized spacial score (nSPS) is 10.8. The van der Waals surface area contributed by atoms with Gasteiger partial charge in [0.2, 0.25) is 0 Å². The second kappa shape index (κ2) is 9.27. The number of anilines is 1. The lowest BCUT2D eigenvalue weighted by Gasteiger charge is -2.22. The monoisotopic (exact) mass is 427 g/mol. The Bertz CT molecular complexity index is 981. The van der Waals surface area contributed by atoms with Gasteiger partial charge in [0.1, 0.15) is 5.75 Å². The summed E-state index contributed by atoms with van der Waals surface area (Å²) in [5.41, 5.74) is 0.813. The van der Waals surface area contributed by atoms with Crippen molar-refractivity contribution in [3.8, 4) is 5.75 Å². The van der Waals surface area contributed by atoms with Crippen molar-refractivity contribution in [3.63, 3.8) is 0 Å². The minimum absolute atomic E-state index is 0. The van der Waals surface area contributed by atoms with Crippen LogP contribution in [-0.4, -0.2) is 50.1 Å². The van der Waals surface area contributed by atoms with Gasteiger partial charge in [-0.1, -0.05) is 11.3 Å². The molecule has 0 atom stereocenters. The third-order valence-electron chi connectivity index (χ3n) is 4.00. The molecule has 0 aliphatic heterocycles. The summed E-state index contributed by atoms with van der Waals surface area (Å²) in [5.74, 6) is -1.77. The van der Waals surface area contributed by atoms with Crippen LogP contribution in [0.4, 0.5) is 13.9 Å². The molecule has 9 heteroatoms. The van der Waals surface area contributed by atoms with E-state index in [0.717, 1.165) is 22.3 Å². The smallest absolute Gasteiger partial charge is 0.260 e.